The summed E-state index contributed by atoms with van der Waals surface area (Å²) in [5.74, 6) is -5.09. The fraction of sp³-hybridized carbons (Fsp3) is 0.750. The van der Waals surface area contributed by atoms with Crippen molar-refractivity contribution in [2.45, 2.75) is 143 Å². The highest BCUT2D eigenvalue weighted by Crippen LogP contribution is 2.73. The predicted molar refractivity (Wildman–Crippen MR) is 187 cm³/mol. The van der Waals surface area contributed by atoms with Gasteiger partial charge in [0.25, 0.3) is 0 Å². The highest BCUT2D eigenvalue weighted by molar-refractivity contribution is 5.76. The third-order valence-corrected chi connectivity index (χ3v) is 14.0. The lowest BCUT2D eigenvalue weighted by Crippen LogP contribution is -2.70. The predicted octanol–water partition coefficient (Wildman–Crippen LogP) is 5.02. The molecule has 0 spiro atoms. The number of ether oxygens (including phenoxy) is 4. The van der Waals surface area contributed by atoms with E-state index >= 15 is 0 Å². The van der Waals surface area contributed by atoms with Crippen LogP contribution in [-0.2, 0) is 38.1 Å². The minimum atomic E-state index is -1.48. The zero-order valence-electron chi connectivity index (χ0n) is 32.0. The third-order valence-electron chi connectivity index (χ3n) is 14.0. The van der Waals surface area contributed by atoms with Gasteiger partial charge < -0.3 is 38.7 Å². The van der Waals surface area contributed by atoms with Gasteiger partial charge in [-0.25, -0.2) is 9.59 Å². The molecule has 14 atom stereocenters. The fourth-order valence-corrected chi connectivity index (χ4v) is 10.5. The van der Waals surface area contributed by atoms with Crippen LogP contribution in [0.1, 0.15) is 112 Å². The van der Waals surface area contributed by atoms with E-state index in [1.165, 1.54) is 6.92 Å². The molecule has 5 rings (SSSR count). The largest absolute Gasteiger partial charge is 0.472 e. The van der Waals surface area contributed by atoms with Crippen LogP contribution >= 0.6 is 0 Å². The number of aliphatic hydroxyl groups excluding tert-OH is 3. The van der Waals surface area contributed by atoms with Crippen molar-refractivity contribution in [2.24, 2.45) is 39.9 Å². The van der Waals surface area contributed by atoms with E-state index in [2.05, 4.69) is 6.08 Å². The number of aliphatic hydroxyl groups is 3. The second-order valence-electron chi connectivity index (χ2n) is 16.7. The monoisotopic (exact) mass is 730 g/mol. The summed E-state index contributed by atoms with van der Waals surface area (Å²) in [6, 6.07) is 1.88. The van der Waals surface area contributed by atoms with Gasteiger partial charge in [-0.05, 0) is 55.6 Å². The normalized spacial score (nSPS) is 39.2. The lowest BCUT2D eigenvalue weighted by atomic mass is 9.39. The van der Waals surface area contributed by atoms with E-state index in [1.807, 2.05) is 40.7 Å². The van der Waals surface area contributed by atoms with Gasteiger partial charge in [-0.1, -0.05) is 73.0 Å². The number of cyclic esters (lactones) is 1. The molecule has 0 unspecified atom stereocenters. The van der Waals surface area contributed by atoms with Gasteiger partial charge in [-0.2, -0.15) is 0 Å². The van der Waals surface area contributed by atoms with E-state index in [4.69, 9.17) is 23.4 Å². The van der Waals surface area contributed by atoms with E-state index in [-0.39, 0.29) is 37.0 Å². The quantitative estimate of drug-likeness (QED) is 0.158. The van der Waals surface area contributed by atoms with Crippen molar-refractivity contribution < 1.29 is 57.9 Å². The summed E-state index contributed by atoms with van der Waals surface area (Å²) in [6.07, 6.45) is 1.46. The molecule has 12 nitrogen and oxygen atoms in total. The number of rotatable bonds is 11. The molecule has 0 bridgehead atoms. The molecule has 0 radical (unpaired) electrons. The van der Waals surface area contributed by atoms with E-state index < -0.39 is 94.7 Å². The molecular weight excluding hydrogens is 672 g/mol. The average molecular weight is 731 g/mol. The highest BCUT2D eigenvalue weighted by atomic mass is 16.6. The second kappa shape index (κ2) is 14.5. The maximum atomic E-state index is 13.8. The van der Waals surface area contributed by atoms with E-state index in [9.17, 15) is 34.5 Å². The number of carbonyl (C=O) groups is 4. The third kappa shape index (κ3) is 6.30. The molecule has 0 amide bonds. The minimum Gasteiger partial charge on any atom is -0.472 e. The van der Waals surface area contributed by atoms with Gasteiger partial charge >= 0.3 is 23.9 Å². The van der Waals surface area contributed by atoms with Gasteiger partial charge in [-0.15, -0.1) is 0 Å². The molecule has 1 aliphatic heterocycles. The van der Waals surface area contributed by atoms with Crippen LogP contribution in [0.2, 0.25) is 0 Å². The molecule has 1 aromatic heterocycles. The maximum absolute atomic E-state index is 13.8. The van der Waals surface area contributed by atoms with Crippen LogP contribution in [0.25, 0.3) is 0 Å². The van der Waals surface area contributed by atoms with Crippen molar-refractivity contribution >= 4 is 23.9 Å². The van der Waals surface area contributed by atoms with Gasteiger partial charge in [0.1, 0.15) is 23.9 Å². The Morgan fingerprint density at radius 1 is 0.885 bits per heavy atom. The Bertz CT molecular complexity index is 1540. The Kier molecular flexibility index (Phi) is 11.2. The van der Waals surface area contributed by atoms with Crippen LogP contribution in [0.5, 0.6) is 0 Å². The summed E-state index contributed by atoms with van der Waals surface area (Å²) in [6.45, 7) is 15.6. The molecule has 3 N–H and O–H groups in total. The van der Waals surface area contributed by atoms with Crippen LogP contribution in [0.3, 0.4) is 0 Å². The van der Waals surface area contributed by atoms with Gasteiger partial charge in [-0.3, -0.25) is 9.59 Å². The van der Waals surface area contributed by atoms with Gasteiger partial charge in [0.05, 0.1) is 25.6 Å². The van der Waals surface area contributed by atoms with Gasteiger partial charge in [0.15, 0.2) is 12.2 Å². The molecule has 12 heteroatoms. The van der Waals surface area contributed by atoms with E-state index in [1.54, 1.807) is 33.3 Å². The molecule has 290 valence electrons. The number of fused-ring (bicyclic) bond motifs is 5. The van der Waals surface area contributed by atoms with Crippen molar-refractivity contribution in [3.8, 4) is 0 Å². The first-order valence-corrected chi connectivity index (χ1v) is 18.8. The van der Waals surface area contributed by atoms with E-state index in [0.29, 0.717) is 19.3 Å². The second-order valence-corrected chi connectivity index (χ2v) is 16.7. The molecule has 2 heterocycles. The Morgan fingerprint density at radius 2 is 1.44 bits per heavy atom. The summed E-state index contributed by atoms with van der Waals surface area (Å²) in [4.78, 5) is 53.8. The standard InChI is InChI=1S/C40H58O12/c1-10-21(3)33(44)35(46)50-29-17-28-39(8,26-13-12-25(38(26,29)7)24-14-15-48-19-24)30(51-36(47)34(45)22(4)11-2)16-27-37(6,20-41)52-32(43)18-31(40(27,28)9)49-23(5)42/h13-15,19,21-22,25,27-31,33-34,41,44-45H,10-12,16-18,20H2,1-9H3/t21-,22+,25-,27-,28-,29+,30+,31-,33+,34+,37+,38-,39-,40-/m0/s1. The van der Waals surface area contributed by atoms with Crippen molar-refractivity contribution in [3.63, 3.8) is 0 Å². The van der Waals surface area contributed by atoms with Crippen molar-refractivity contribution in [3.05, 3.63) is 35.8 Å². The van der Waals surface area contributed by atoms with Crippen LogP contribution in [0, 0.1) is 39.9 Å². The zero-order valence-corrected chi connectivity index (χ0v) is 32.0. The van der Waals surface area contributed by atoms with Crippen molar-refractivity contribution in [2.75, 3.05) is 6.61 Å². The minimum absolute atomic E-state index is 0.103. The van der Waals surface area contributed by atoms with Crippen LogP contribution in [0.15, 0.2) is 34.7 Å². The summed E-state index contributed by atoms with van der Waals surface area (Å²) in [7, 11) is 0. The summed E-state index contributed by atoms with van der Waals surface area (Å²) in [5, 5.41) is 33.0. The summed E-state index contributed by atoms with van der Waals surface area (Å²) < 4.78 is 30.4. The average Bonchev–Trinajstić information content (AvgIpc) is 3.75. The molecule has 2 saturated carbocycles. The Hall–Kier alpha value is -3.22. The molecule has 3 fully saturated rings. The van der Waals surface area contributed by atoms with Gasteiger partial charge in [0, 0.05) is 35.0 Å². The topological polar surface area (TPSA) is 179 Å². The van der Waals surface area contributed by atoms with Gasteiger partial charge in [0.2, 0.25) is 0 Å². The SMILES string of the molecule is CC[C@@H](C)[C@@H](O)C(=O)O[C@@H]1C[C@@H]2[C@](C)([C@@H](OC(C)=O)CC(=O)O[C@]2(C)CO)[C@H]2C[C@@H](OC(=O)[C@H](O)[C@@H](C)CC)[C@]3(C)C(=CC[C@H]3c3ccoc3)[C@]12C. The summed E-state index contributed by atoms with van der Waals surface area (Å²) >= 11 is 0. The Morgan fingerprint density at radius 3 is 1.94 bits per heavy atom. The highest BCUT2D eigenvalue weighted by Gasteiger charge is 2.74. The fourth-order valence-electron chi connectivity index (χ4n) is 10.5. The van der Waals surface area contributed by atoms with Crippen molar-refractivity contribution in [1.29, 1.82) is 0 Å². The van der Waals surface area contributed by atoms with Crippen molar-refractivity contribution in [1.82, 2.24) is 0 Å². The summed E-state index contributed by atoms with van der Waals surface area (Å²) in [5.41, 5.74) is -2.76. The number of carbonyl (C=O) groups excluding carboxylic acids is 4. The van der Waals surface area contributed by atoms with Crippen LogP contribution in [0.4, 0.5) is 0 Å². The molecule has 1 saturated heterocycles. The maximum Gasteiger partial charge on any atom is 0.335 e. The first kappa shape index (κ1) is 40.0. The smallest absolute Gasteiger partial charge is 0.335 e. The molecule has 1 aromatic rings. The molecule has 0 aromatic carbocycles. The van der Waals surface area contributed by atoms with Crippen LogP contribution < -0.4 is 0 Å². The molecular formula is C40H58O12. The molecule has 3 aliphatic carbocycles. The number of esters is 4. The number of hydrogen-bond acceptors (Lipinski definition) is 12. The molecule has 52 heavy (non-hydrogen) atoms. The lowest BCUT2D eigenvalue weighted by Gasteiger charge is -2.67. The Balaban J connectivity index is 1.76. The lowest BCUT2D eigenvalue weighted by molar-refractivity contribution is -0.247. The van der Waals surface area contributed by atoms with Crippen LogP contribution in [-0.4, -0.2) is 81.9 Å². The zero-order chi connectivity index (χ0) is 38.6. The number of furan rings is 1. The number of allylic oxidation sites excluding steroid dienone is 1. The van der Waals surface area contributed by atoms with E-state index in [0.717, 1.165) is 11.1 Å². The number of hydrogen-bond donors (Lipinski definition) is 3. The first-order chi connectivity index (χ1) is 24.3. The Labute approximate surface area is 306 Å². The first-order valence-electron chi connectivity index (χ1n) is 18.8. The molecule has 4 aliphatic rings.